The van der Waals surface area contributed by atoms with E-state index in [1.807, 2.05) is 13.8 Å². The Morgan fingerprint density at radius 1 is 1.15 bits per heavy atom. The average molecular weight is 289 g/mol. The van der Waals surface area contributed by atoms with Crippen LogP contribution in [0.2, 0.25) is 0 Å². The Morgan fingerprint density at radius 2 is 1.60 bits per heavy atom. The summed E-state index contributed by atoms with van der Waals surface area (Å²) in [7, 11) is 0. The zero-order valence-electron chi connectivity index (χ0n) is 13.4. The number of carbonyl (C=O) groups is 2. The Morgan fingerprint density at radius 3 is 1.90 bits per heavy atom. The topological polar surface area (TPSA) is 87.1 Å². The minimum Gasteiger partial charge on any atom is -0.479 e. The minimum atomic E-state index is -1.55. The molecule has 0 radical (unpaired) electrons. The van der Waals surface area contributed by atoms with E-state index < -0.39 is 29.2 Å². The number of aliphatic hydroxyl groups excluding tert-OH is 1. The van der Waals surface area contributed by atoms with Crippen LogP contribution in [0.3, 0.4) is 0 Å². The highest BCUT2D eigenvalue weighted by Crippen LogP contribution is 2.25. The predicted octanol–water partition coefficient (Wildman–Crippen LogP) is 2.10. The lowest BCUT2D eigenvalue weighted by Gasteiger charge is -2.37. The van der Waals surface area contributed by atoms with E-state index in [1.165, 1.54) is 4.90 Å². The Labute approximate surface area is 120 Å². The maximum atomic E-state index is 12.1. The SMILES string of the molecule is CC(C)N(CC(C)(C)C(O)C(=O)O)C(=O)OC(C)(C)C. The van der Waals surface area contributed by atoms with Crippen molar-refractivity contribution in [1.29, 1.82) is 0 Å². The van der Waals surface area contributed by atoms with Crippen LogP contribution in [0.4, 0.5) is 4.79 Å². The molecule has 0 aliphatic rings. The highest BCUT2D eigenvalue weighted by Gasteiger charge is 2.38. The maximum absolute atomic E-state index is 12.1. The molecule has 118 valence electrons. The normalized spacial score (nSPS) is 14.1. The van der Waals surface area contributed by atoms with E-state index in [9.17, 15) is 14.7 Å². The van der Waals surface area contributed by atoms with Gasteiger partial charge in [0.25, 0.3) is 0 Å². The molecule has 6 nitrogen and oxygen atoms in total. The van der Waals surface area contributed by atoms with Crippen LogP contribution >= 0.6 is 0 Å². The fraction of sp³-hybridized carbons (Fsp3) is 0.857. The Bertz CT molecular complexity index is 357. The van der Waals surface area contributed by atoms with Crippen LogP contribution in [-0.4, -0.2) is 51.5 Å². The second-order valence-electron chi connectivity index (χ2n) is 6.93. The number of nitrogens with zero attached hydrogens (tertiary/aromatic N) is 1. The van der Waals surface area contributed by atoms with E-state index in [0.717, 1.165) is 0 Å². The molecule has 0 saturated carbocycles. The molecule has 0 rings (SSSR count). The van der Waals surface area contributed by atoms with Crippen molar-refractivity contribution in [2.75, 3.05) is 6.54 Å². The molecule has 0 spiro atoms. The summed E-state index contributed by atoms with van der Waals surface area (Å²) in [6.07, 6.45) is -2.07. The lowest BCUT2D eigenvalue weighted by Crippen LogP contribution is -2.50. The second kappa shape index (κ2) is 6.43. The van der Waals surface area contributed by atoms with Crippen LogP contribution in [0.1, 0.15) is 48.5 Å². The molecule has 6 heteroatoms. The first kappa shape index (κ1) is 18.7. The molecule has 1 atom stereocenters. The summed E-state index contributed by atoms with van der Waals surface area (Å²) in [5.41, 5.74) is -1.60. The highest BCUT2D eigenvalue weighted by atomic mass is 16.6. The molecule has 1 unspecified atom stereocenters. The standard InChI is InChI=1S/C14H27NO5/c1-9(2)15(12(19)20-13(3,4)5)8-14(6,7)10(16)11(17)18/h9-10,16H,8H2,1-7H3,(H,17,18). The number of hydrogen-bond donors (Lipinski definition) is 2. The third-order valence-electron chi connectivity index (χ3n) is 2.80. The smallest absolute Gasteiger partial charge is 0.410 e. The zero-order valence-corrected chi connectivity index (χ0v) is 13.4. The van der Waals surface area contributed by atoms with Gasteiger partial charge in [0.1, 0.15) is 5.60 Å². The van der Waals surface area contributed by atoms with Crippen molar-refractivity contribution in [2.24, 2.45) is 5.41 Å². The number of aliphatic carboxylic acids is 1. The molecular formula is C14H27NO5. The molecule has 1 amide bonds. The Balaban J connectivity index is 5.04. The lowest BCUT2D eigenvalue weighted by molar-refractivity contribution is -0.154. The van der Waals surface area contributed by atoms with Gasteiger partial charge in [-0.25, -0.2) is 9.59 Å². The van der Waals surface area contributed by atoms with E-state index in [0.29, 0.717) is 0 Å². The number of hydrogen-bond acceptors (Lipinski definition) is 4. The number of carboxylic acids is 1. The molecule has 0 aromatic rings. The van der Waals surface area contributed by atoms with Gasteiger partial charge in [-0.1, -0.05) is 13.8 Å². The first-order valence-electron chi connectivity index (χ1n) is 6.68. The average Bonchev–Trinajstić information content (AvgIpc) is 2.21. The van der Waals surface area contributed by atoms with Crippen molar-refractivity contribution in [3.8, 4) is 0 Å². The number of ether oxygens (including phenoxy) is 1. The van der Waals surface area contributed by atoms with Gasteiger partial charge < -0.3 is 19.8 Å². The summed E-state index contributed by atoms with van der Waals surface area (Å²) in [5.74, 6) is -1.30. The lowest BCUT2D eigenvalue weighted by atomic mass is 9.85. The van der Waals surface area contributed by atoms with Crippen molar-refractivity contribution in [2.45, 2.75) is 66.2 Å². The van der Waals surface area contributed by atoms with Crippen molar-refractivity contribution < 1.29 is 24.5 Å². The quantitative estimate of drug-likeness (QED) is 0.809. The minimum absolute atomic E-state index is 0.0903. The Hall–Kier alpha value is -1.30. The summed E-state index contributed by atoms with van der Waals surface area (Å²) >= 11 is 0. The summed E-state index contributed by atoms with van der Waals surface area (Å²) < 4.78 is 5.31. The summed E-state index contributed by atoms with van der Waals surface area (Å²) in [4.78, 5) is 24.5. The number of aliphatic hydroxyl groups is 1. The van der Waals surface area contributed by atoms with Crippen molar-refractivity contribution in [3.63, 3.8) is 0 Å². The fourth-order valence-electron chi connectivity index (χ4n) is 1.64. The monoisotopic (exact) mass is 289 g/mol. The first-order chi connectivity index (χ1) is 8.78. The van der Waals surface area contributed by atoms with Gasteiger partial charge in [0, 0.05) is 18.0 Å². The van der Waals surface area contributed by atoms with Gasteiger partial charge in [0.2, 0.25) is 0 Å². The molecule has 0 heterocycles. The summed E-state index contributed by atoms with van der Waals surface area (Å²) in [5, 5.41) is 18.6. The van der Waals surface area contributed by atoms with Crippen LogP contribution in [0.15, 0.2) is 0 Å². The van der Waals surface area contributed by atoms with Gasteiger partial charge in [-0.2, -0.15) is 0 Å². The van der Waals surface area contributed by atoms with Crippen molar-refractivity contribution >= 4 is 12.1 Å². The predicted molar refractivity (Wildman–Crippen MR) is 75.5 cm³/mol. The summed E-state index contributed by atoms with van der Waals surface area (Å²) in [6.45, 7) is 12.2. The van der Waals surface area contributed by atoms with Crippen molar-refractivity contribution in [1.82, 2.24) is 4.90 Å². The highest BCUT2D eigenvalue weighted by molar-refractivity contribution is 5.73. The van der Waals surface area contributed by atoms with E-state index >= 15 is 0 Å². The fourth-order valence-corrected chi connectivity index (χ4v) is 1.64. The first-order valence-corrected chi connectivity index (χ1v) is 6.68. The van der Waals surface area contributed by atoms with Gasteiger partial charge >= 0.3 is 12.1 Å². The number of carboxylic acid groups (broad SMARTS) is 1. The molecule has 0 aromatic heterocycles. The molecule has 0 saturated heterocycles. The van der Waals surface area contributed by atoms with Gasteiger partial charge in [-0.3, -0.25) is 0 Å². The zero-order chi connectivity index (χ0) is 16.3. The van der Waals surface area contributed by atoms with Crippen LogP contribution in [-0.2, 0) is 9.53 Å². The van der Waals surface area contributed by atoms with Gasteiger partial charge in [0.15, 0.2) is 6.10 Å². The van der Waals surface area contributed by atoms with Crippen LogP contribution in [0.25, 0.3) is 0 Å². The van der Waals surface area contributed by atoms with Crippen LogP contribution in [0.5, 0.6) is 0 Å². The van der Waals surface area contributed by atoms with E-state index in [2.05, 4.69) is 0 Å². The van der Waals surface area contributed by atoms with Gasteiger partial charge in [0.05, 0.1) is 0 Å². The Kier molecular flexibility index (Phi) is 6.02. The molecule has 0 fully saturated rings. The van der Waals surface area contributed by atoms with E-state index in [4.69, 9.17) is 9.84 Å². The van der Waals surface area contributed by atoms with Crippen LogP contribution < -0.4 is 0 Å². The summed E-state index contributed by atoms with van der Waals surface area (Å²) in [6, 6.07) is -0.162. The van der Waals surface area contributed by atoms with E-state index in [1.54, 1.807) is 34.6 Å². The van der Waals surface area contributed by atoms with Crippen LogP contribution in [0, 0.1) is 5.41 Å². The van der Waals surface area contributed by atoms with Crippen molar-refractivity contribution in [3.05, 3.63) is 0 Å². The molecule has 0 aliphatic carbocycles. The molecule has 2 N–H and O–H groups in total. The van der Waals surface area contributed by atoms with Gasteiger partial charge in [-0.05, 0) is 34.6 Å². The van der Waals surface area contributed by atoms with E-state index in [-0.39, 0.29) is 12.6 Å². The second-order valence-corrected chi connectivity index (χ2v) is 6.93. The largest absolute Gasteiger partial charge is 0.479 e. The third-order valence-corrected chi connectivity index (χ3v) is 2.80. The molecular weight excluding hydrogens is 262 g/mol. The third kappa shape index (κ3) is 5.77. The molecule has 0 aliphatic heterocycles. The number of amides is 1. The molecule has 0 aromatic carbocycles. The number of rotatable bonds is 5. The maximum Gasteiger partial charge on any atom is 0.410 e. The molecule has 20 heavy (non-hydrogen) atoms. The van der Waals surface area contributed by atoms with Gasteiger partial charge in [-0.15, -0.1) is 0 Å². The number of carbonyl (C=O) groups excluding carboxylic acids is 1. The molecule has 0 bridgehead atoms.